The Labute approximate surface area is 183 Å². The number of para-hydroxylation sites is 1. The second-order valence-electron chi connectivity index (χ2n) is 10.1. The summed E-state index contributed by atoms with van der Waals surface area (Å²) >= 11 is 6.44. The Morgan fingerprint density at radius 3 is 2.13 bits per heavy atom. The predicted molar refractivity (Wildman–Crippen MR) is 124 cm³/mol. The van der Waals surface area contributed by atoms with Crippen molar-refractivity contribution >= 4 is 23.0 Å². The van der Waals surface area contributed by atoms with Crippen LogP contribution in [-0.4, -0.2) is 0 Å². The van der Waals surface area contributed by atoms with E-state index in [2.05, 4.69) is 53.8 Å². The molecule has 30 heavy (non-hydrogen) atoms. The largest absolute Gasteiger partial charge is 0.354 e. The molecule has 0 atom stereocenters. The first-order chi connectivity index (χ1) is 14.7. The average Bonchev–Trinajstić information content (AvgIpc) is 3.04. The topological polar surface area (TPSA) is 12.0 Å². The Bertz CT molecular complexity index is 1130. The summed E-state index contributed by atoms with van der Waals surface area (Å²) in [6, 6.07) is 24.4. The highest BCUT2D eigenvalue weighted by atomic mass is 35.5. The summed E-state index contributed by atoms with van der Waals surface area (Å²) in [5, 5.41) is 4.37. The maximum absolute atomic E-state index is 6.44. The van der Waals surface area contributed by atoms with Crippen LogP contribution in [0.4, 0.5) is 11.4 Å². The normalized spacial score (nSPS) is 32.3. The fraction of sp³-hybridized carbons (Fsp3) is 0.357. The molecule has 5 aliphatic carbocycles. The van der Waals surface area contributed by atoms with E-state index >= 15 is 0 Å². The minimum absolute atomic E-state index is 0.220. The van der Waals surface area contributed by atoms with Gasteiger partial charge in [0.1, 0.15) is 0 Å². The number of fused-ring (bicyclic) bond motifs is 3. The SMILES string of the molecule is Clc1ccccc1Nc1ccc2c(c1)C1(c3ccccc3-2)C2CC3CC(C2)CC1C3. The van der Waals surface area contributed by atoms with Crippen molar-refractivity contribution in [2.45, 2.75) is 37.5 Å². The van der Waals surface area contributed by atoms with Crippen LogP contribution in [0.1, 0.15) is 43.2 Å². The van der Waals surface area contributed by atoms with E-state index in [1.165, 1.54) is 43.2 Å². The zero-order valence-corrected chi connectivity index (χ0v) is 17.8. The Kier molecular flexibility index (Phi) is 3.57. The Balaban J connectivity index is 1.41. The van der Waals surface area contributed by atoms with Gasteiger partial charge in [0.25, 0.3) is 0 Å². The molecule has 0 heterocycles. The molecule has 4 fully saturated rings. The van der Waals surface area contributed by atoms with Crippen LogP contribution in [-0.2, 0) is 5.41 Å². The zero-order chi connectivity index (χ0) is 19.9. The molecule has 1 spiro atoms. The first-order valence-electron chi connectivity index (χ1n) is 11.5. The van der Waals surface area contributed by atoms with Gasteiger partial charge in [-0.2, -0.15) is 0 Å². The molecule has 4 bridgehead atoms. The Morgan fingerprint density at radius 1 is 0.700 bits per heavy atom. The molecule has 1 nitrogen and oxygen atoms in total. The first kappa shape index (κ1) is 17.4. The quantitative estimate of drug-likeness (QED) is 0.453. The molecule has 0 radical (unpaired) electrons. The molecular weight excluding hydrogens is 386 g/mol. The van der Waals surface area contributed by atoms with Gasteiger partial charge in [0.2, 0.25) is 0 Å². The monoisotopic (exact) mass is 411 g/mol. The van der Waals surface area contributed by atoms with Crippen molar-refractivity contribution in [2.75, 3.05) is 5.32 Å². The third-order valence-electron chi connectivity index (χ3n) is 8.71. The van der Waals surface area contributed by atoms with E-state index < -0.39 is 0 Å². The third kappa shape index (κ3) is 2.20. The van der Waals surface area contributed by atoms with Gasteiger partial charge in [-0.15, -0.1) is 0 Å². The zero-order valence-electron chi connectivity index (χ0n) is 17.1. The summed E-state index contributed by atoms with van der Waals surface area (Å²) in [5.74, 6) is 3.54. The van der Waals surface area contributed by atoms with Crippen LogP contribution in [0.3, 0.4) is 0 Å². The number of rotatable bonds is 2. The lowest BCUT2D eigenvalue weighted by Gasteiger charge is -2.61. The van der Waals surface area contributed by atoms with Crippen molar-refractivity contribution in [3.05, 3.63) is 82.9 Å². The highest BCUT2D eigenvalue weighted by Crippen LogP contribution is 2.69. The van der Waals surface area contributed by atoms with Crippen molar-refractivity contribution < 1.29 is 0 Å². The molecule has 0 amide bonds. The van der Waals surface area contributed by atoms with E-state index in [4.69, 9.17) is 11.6 Å². The van der Waals surface area contributed by atoms with E-state index in [1.54, 1.807) is 11.1 Å². The summed E-state index contributed by atoms with van der Waals surface area (Å²) in [4.78, 5) is 0. The standard InChI is InChI=1S/C28H26ClN/c29-26-7-3-4-8-27(26)30-21-9-10-23-22-5-1-2-6-24(22)28(25(23)16-21)19-12-17-11-18(14-19)15-20(28)13-17/h1-10,16-20,30H,11-15H2. The molecule has 0 saturated heterocycles. The van der Waals surface area contributed by atoms with E-state index in [9.17, 15) is 0 Å². The van der Waals surface area contributed by atoms with E-state index in [1.807, 2.05) is 18.2 Å². The van der Waals surface area contributed by atoms with Gasteiger partial charge < -0.3 is 5.32 Å². The summed E-state index contributed by atoms with van der Waals surface area (Å²) in [6.07, 6.45) is 7.17. The highest BCUT2D eigenvalue weighted by molar-refractivity contribution is 6.33. The van der Waals surface area contributed by atoms with E-state index in [0.717, 1.165) is 40.1 Å². The van der Waals surface area contributed by atoms with Crippen molar-refractivity contribution in [3.63, 3.8) is 0 Å². The summed E-state index contributed by atoms with van der Waals surface area (Å²) in [5.41, 5.74) is 8.49. The van der Waals surface area contributed by atoms with Crippen LogP contribution >= 0.6 is 11.6 Å². The molecule has 0 aliphatic heterocycles. The number of hydrogen-bond acceptors (Lipinski definition) is 1. The minimum Gasteiger partial charge on any atom is -0.354 e. The van der Waals surface area contributed by atoms with Gasteiger partial charge in [-0.3, -0.25) is 0 Å². The molecule has 1 N–H and O–H groups in total. The van der Waals surface area contributed by atoms with Crippen LogP contribution in [0, 0.1) is 23.7 Å². The van der Waals surface area contributed by atoms with Gasteiger partial charge in [0.15, 0.2) is 0 Å². The second kappa shape index (κ2) is 6.14. The minimum atomic E-state index is 0.220. The smallest absolute Gasteiger partial charge is 0.0640 e. The Morgan fingerprint density at radius 2 is 1.37 bits per heavy atom. The number of benzene rings is 3. The maximum Gasteiger partial charge on any atom is 0.0640 e. The van der Waals surface area contributed by atoms with Gasteiger partial charge in [-0.05, 0) is 102 Å². The van der Waals surface area contributed by atoms with E-state index in [-0.39, 0.29) is 5.41 Å². The van der Waals surface area contributed by atoms with Crippen LogP contribution in [0.25, 0.3) is 11.1 Å². The van der Waals surface area contributed by atoms with Crippen LogP contribution in [0.5, 0.6) is 0 Å². The molecule has 3 aromatic rings. The number of hydrogen-bond donors (Lipinski definition) is 1. The first-order valence-corrected chi connectivity index (χ1v) is 11.9. The lowest BCUT2D eigenvalue weighted by molar-refractivity contribution is -0.0399. The van der Waals surface area contributed by atoms with Crippen LogP contribution in [0.15, 0.2) is 66.7 Å². The summed E-state index contributed by atoms with van der Waals surface area (Å²) in [7, 11) is 0. The number of halogens is 1. The number of anilines is 2. The third-order valence-corrected chi connectivity index (χ3v) is 9.04. The molecule has 4 saturated carbocycles. The molecule has 5 aliphatic rings. The lowest BCUT2D eigenvalue weighted by Crippen LogP contribution is -2.55. The van der Waals surface area contributed by atoms with Crippen molar-refractivity contribution in [1.82, 2.24) is 0 Å². The van der Waals surface area contributed by atoms with E-state index in [0.29, 0.717) is 0 Å². The lowest BCUT2D eigenvalue weighted by atomic mass is 9.43. The fourth-order valence-electron chi connectivity index (χ4n) is 7.95. The van der Waals surface area contributed by atoms with Gasteiger partial charge in [-0.25, -0.2) is 0 Å². The Hall–Kier alpha value is -2.25. The molecule has 150 valence electrons. The second-order valence-corrected chi connectivity index (χ2v) is 10.5. The molecule has 2 heteroatoms. The highest BCUT2D eigenvalue weighted by Gasteiger charge is 2.61. The van der Waals surface area contributed by atoms with Gasteiger partial charge in [0, 0.05) is 11.1 Å². The molecule has 0 aromatic heterocycles. The van der Waals surface area contributed by atoms with Crippen LogP contribution < -0.4 is 5.32 Å². The summed E-state index contributed by atoms with van der Waals surface area (Å²) in [6.45, 7) is 0. The van der Waals surface area contributed by atoms with Gasteiger partial charge >= 0.3 is 0 Å². The maximum atomic E-state index is 6.44. The van der Waals surface area contributed by atoms with Crippen molar-refractivity contribution in [3.8, 4) is 11.1 Å². The molecule has 0 unspecified atom stereocenters. The molecule has 8 rings (SSSR count). The fourth-order valence-corrected chi connectivity index (χ4v) is 8.13. The van der Waals surface area contributed by atoms with Crippen molar-refractivity contribution in [1.29, 1.82) is 0 Å². The molecule has 3 aromatic carbocycles. The van der Waals surface area contributed by atoms with Gasteiger partial charge in [0.05, 0.1) is 10.7 Å². The average molecular weight is 412 g/mol. The van der Waals surface area contributed by atoms with Gasteiger partial charge in [-0.1, -0.05) is 54.1 Å². The predicted octanol–water partition coefficient (Wildman–Crippen LogP) is 7.81. The summed E-state index contributed by atoms with van der Waals surface area (Å²) < 4.78 is 0. The van der Waals surface area contributed by atoms with Crippen LogP contribution in [0.2, 0.25) is 5.02 Å². The number of nitrogens with one attached hydrogen (secondary N) is 1. The van der Waals surface area contributed by atoms with Crippen molar-refractivity contribution in [2.24, 2.45) is 23.7 Å². The molecular formula is C28H26ClN.